The first-order valence-corrected chi connectivity index (χ1v) is 4.68. The summed E-state index contributed by atoms with van der Waals surface area (Å²) in [4.78, 5) is 11.2. The van der Waals surface area contributed by atoms with Crippen molar-refractivity contribution < 1.29 is 4.79 Å². The van der Waals surface area contributed by atoms with Gasteiger partial charge in [-0.1, -0.05) is 6.92 Å². The van der Waals surface area contributed by atoms with Crippen LogP contribution in [0.15, 0.2) is 0 Å². The van der Waals surface area contributed by atoms with Crippen molar-refractivity contribution in [2.45, 2.75) is 38.6 Å². The predicted octanol–water partition coefficient (Wildman–Crippen LogP) is 0.655. The molecule has 0 atom stereocenters. The SMILES string of the molecule is CCNCCC(=O)NC1(C)CC1. The minimum absolute atomic E-state index is 0.142. The van der Waals surface area contributed by atoms with E-state index < -0.39 is 0 Å². The standard InChI is InChI=1S/C9H18N2O/c1-3-10-7-4-8(12)11-9(2)5-6-9/h10H,3-7H2,1-2H3,(H,11,12). The summed E-state index contributed by atoms with van der Waals surface area (Å²) >= 11 is 0. The van der Waals surface area contributed by atoms with Gasteiger partial charge in [0.1, 0.15) is 0 Å². The lowest BCUT2D eigenvalue weighted by molar-refractivity contribution is -0.121. The molecule has 1 amide bonds. The molecule has 2 N–H and O–H groups in total. The van der Waals surface area contributed by atoms with Crippen molar-refractivity contribution in [3.05, 3.63) is 0 Å². The average molecular weight is 170 g/mol. The Kier molecular flexibility index (Phi) is 3.09. The first kappa shape index (κ1) is 9.52. The molecule has 0 bridgehead atoms. The quantitative estimate of drug-likeness (QED) is 0.595. The van der Waals surface area contributed by atoms with Crippen molar-refractivity contribution in [2.24, 2.45) is 0 Å². The first-order valence-electron chi connectivity index (χ1n) is 4.68. The molecule has 0 heterocycles. The van der Waals surface area contributed by atoms with Crippen LogP contribution in [0.3, 0.4) is 0 Å². The lowest BCUT2D eigenvalue weighted by atomic mass is 10.3. The Morgan fingerprint density at radius 3 is 2.67 bits per heavy atom. The van der Waals surface area contributed by atoms with Crippen LogP contribution in [0.5, 0.6) is 0 Å². The Bertz CT molecular complexity index is 164. The van der Waals surface area contributed by atoms with E-state index in [9.17, 15) is 4.79 Å². The molecule has 0 spiro atoms. The highest BCUT2D eigenvalue weighted by Gasteiger charge is 2.38. The second-order valence-corrected chi connectivity index (χ2v) is 3.71. The van der Waals surface area contributed by atoms with Crippen LogP contribution < -0.4 is 10.6 Å². The molecule has 1 rings (SSSR count). The van der Waals surface area contributed by atoms with E-state index in [1.165, 1.54) is 0 Å². The van der Waals surface area contributed by atoms with Crippen LogP contribution >= 0.6 is 0 Å². The van der Waals surface area contributed by atoms with Gasteiger partial charge in [0.15, 0.2) is 0 Å². The molecule has 0 aromatic carbocycles. The summed E-state index contributed by atoms with van der Waals surface area (Å²) in [5.41, 5.74) is 0.142. The van der Waals surface area contributed by atoms with Gasteiger partial charge in [-0.3, -0.25) is 4.79 Å². The van der Waals surface area contributed by atoms with Crippen molar-refractivity contribution in [3.8, 4) is 0 Å². The van der Waals surface area contributed by atoms with E-state index in [-0.39, 0.29) is 11.4 Å². The van der Waals surface area contributed by atoms with E-state index in [1.807, 2.05) is 6.92 Å². The normalized spacial score (nSPS) is 18.8. The van der Waals surface area contributed by atoms with Gasteiger partial charge in [0.2, 0.25) is 5.91 Å². The van der Waals surface area contributed by atoms with Gasteiger partial charge in [0.25, 0.3) is 0 Å². The number of nitrogens with one attached hydrogen (secondary N) is 2. The second-order valence-electron chi connectivity index (χ2n) is 3.71. The minimum Gasteiger partial charge on any atom is -0.351 e. The van der Waals surface area contributed by atoms with Gasteiger partial charge in [0, 0.05) is 18.5 Å². The van der Waals surface area contributed by atoms with Crippen molar-refractivity contribution >= 4 is 5.91 Å². The monoisotopic (exact) mass is 170 g/mol. The van der Waals surface area contributed by atoms with E-state index in [4.69, 9.17) is 0 Å². The average Bonchev–Trinajstić information content (AvgIpc) is 2.68. The van der Waals surface area contributed by atoms with Crippen molar-refractivity contribution in [1.29, 1.82) is 0 Å². The molecular formula is C9H18N2O. The Balaban J connectivity index is 2.04. The predicted molar refractivity (Wildman–Crippen MR) is 48.9 cm³/mol. The second kappa shape index (κ2) is 3.90. The zero-order valence-corrected chi connectivity index (χ0v) is 7.94. The maximum atomic E-state index is 11.2. The molecule has 0 radical (unpaired) electrons. The Hall–Kier alpha value is -0.570. The van der Waals surface area contributed by atoms with Gasteiger partial charge in [-0.2, -0.15) is 0 Å². The highest BCUT2D eigenvalue weighted by molar-refractivity contribution is 5.77. The Morgan fingerprint density at radius 1 is 1.50 bits per heavy atom. The fourth-order valence-electron chi connectivity index (χ4n) is 1.09. The van der Waals surface area contributed by atoms with Gasteiger partial charge in [-0.25, -0.2) is 0 Å². The van der Waals surface area contributed by atoms with Gasteiger partial charge in [-0.05, 0) is 26.3 Å². The summed E-state index contributed by atoms with van der Waals surface area (Å²) in [5, 5.41) is 6.13. The summed E-state index contributed by atoms with van der Waals surface area (Å²) in [6.45, 7) is 5.86. The lowest BCUT2D eigenvalue weighted by Crippen LogP contribution is -2.35. The van der Waals surface area contributed by atoms with Crippen LogP contribution in [0.1, 0.15) is 33.1 Å². The zero-order valence-electron chi connectivity index (χ0n) is 7.94. The fourth-order valence-corrected chi connectivity index (χ4v) is 1.09. The molecule has 1 fully saturated rings. The number of carbonyl (C=O) groups excluding carboxylic acids is 1. The van der Waals surface area contributed by atoms with E-state index in [1.54, 1.807) is 0 Å². The van der Waals surface area contributed by atoms with Crippen LogP contribution in [-0.2, 0) is 4.79 Å². The van der Waals surface area contributed by atoms with Crippen LogP contribution in [-0.4, -0.2) is 24.5 Å². The van der Waals surface area contributed by atoms with Crippen LogP contribution in [0.2, 0.25) is 0 Å². The Morgan fingerprint density at radius 2 is 2.17 bits per heavy atom. The third-order valence-electron chi connectivity index (χ3n) is 2.22. The number of hydrogen-bond acceptors (Lipinski definition) is 2. The summed E-state index contributed by atoms with van der Waals surface area (Å²) in [6.07, 6.45) is 2.88. The van der Waals surface area contributed by atoms with Crippen molar-refractivity contribution in [1.82, 2.24) is 10.6 Å². The van der Waals surface area contributed by atoms with Crippen molar-refractivity contribution in [2.75, 3.05) is 13.1 Å². The molecule has 1 aliphatic rings. The number of amides is 1. The number of hydrogen-bond donors (Lipinski definition) is 2. The van der Waals surface area contributed by atoms with Gasteiger partial charge in [-0.15, -0.1) is 0 Å². The molecule has 0 unspecified atom stereocenters. The van der Waals surface area contributed by atoms with Crippen LogP contribution in [0.25, 0.3) is 0 Å². The van der Waals surface area contributed by atoms with E-state index >= 15 is 0 Å². The molecule has 0 aromatic rings. The number of rotatable bonds is 5. The molecule has 0 aliphatic heterocycles. The maximum Gasteiger partial charge on any atom is 0.221 e. The molecule has 0 aromatic heterocycles. The van der Waals surface area contributed by atoms with Gasteiger partial charge in [0.05, 0.1) is 0 Å². The highest BCUT2D eigenvalue weighted by Crippen LogP contribution is 2.34. The maximum absolute atomic E-state index is 11.2. The van der Waals surface area contributed by atoms with E-state index in [0.717, 1.165) is 25.9 Å². The topological polar surface area (TPSA) is 41.1 Å². The Labute approximate surface area is 73.9 Å². The van der Waals surface area contributed by atoms with Gasteiger partial charge < -0.3 is 10.6 Å². The van der Waals surface area contributed by atoms with Crippen LogP contribution in [0.4, 0.5) is 0 Å². The number of carbonyl (C=O) groups is 1. The molecule has 0 saturated heterocycles. The zero-order chi connectivity index (χ0) is 9.03. The molecule has 1 saturated carbocycles. The fraction of sp³-hybridized carbons (Fsp3) is 0.889. The summed E-state index contributed by atoms with van der Waals surface area (Å²) < 4.78 is 0. The van der Waals surface area contributed by atoms with E-state index in [2.05, 4.69) is 17.6 Å². The largest absolute Gasteiger partial charge is 0.351 e. The van der Waals surface area contributed by atoms with Crippen LogP contribution in [0, 0.1) is 0 Å². The molecular weight excluding hydrogens is 152 g/mol. The third kappa shape index (κ3) is 3.22. The minimum atomic E-state index is 0.142. The molecule has 3 heteroatoms. The lowest BCUT2D eigenvalue weighted by Gasteiger charge is -2.10. The molecule has 1 aliphatic carbocycles. The summed E-state index contributed by atoms with van der Waals surface area (Å²) in [6, 6.07) is 0. The molecule has 70 valence electrons. The smallest absolute Gasteiger partial charge is 0.221 e. The van der Waals surface area contributed by atoms with Crippen molar-refractivity contribution in [3.63, 3.8) is 0 Å². The molecule has 3 nitrogen and oxygen atoms in total. The first-order chi connectivity index (χ1) is 5.66. The van der Waals surface area contributed by atoms with E-state index in [0.29, 0.717) is 6.42 Å². The highest BCUT2D eigenvalue weighted by atomic mass is 16.1. The van der Waals surface area contributed by atoms with Gasteiger partial charge >= 0.3 is 0 Å². The third-order valence-corrected chi connectivity index (χ3v) is 2.22. The molecule has 12 heavy (non-hydrogen) atoms. The summed E-state index contributed by atoms with van der Waals surface area (Å²) in [7, 11) is 0. The summed E-state index contributed by atoms with van der Waals surface area (Å²) in [5.74, 6) is 0.177.